The number of nitrogens with zero attached hydrogens (tertiary/aromatic N) is 2. The van der Waals surface area contributed by atoms with Crippen molar-refractivity contribution in [3.63, 3.8) is 0 Å². The Hall–Kier alpha value is -4.70. The molecule has 0 aliphatic rings. The maximum Gasteiger partial charge on any atom is 0.231 e. The van der Waals surface area contributed by atoms with Crippen LogP contribution in [-0.2, 0) is 0 Å². The van der Waals surface area contributed by atoms with Crippen molar-refractivity contribution in [2.45, 2.75) is 0 Å². The van der Waals surface area contributed by atoms with Gasteiger partial charge in [-0.3, -0.25) is 0 Å². The van der Waals surface area contributed by atoms with Crippen LogP contribution >= 0.6 is 0 Å². The Morgan fingerprint density at radius 1 is 0.647 bits per heavy atom. The minimum Gasteiger partial charge on any atom is -0.438 e. The first-order chi connectivity index (χ1) is 16.8. The molecule has 0 atom stereocenters. The maximum absolute atomic E-state index is 6.36. The third-order valence-corrected chi connectivity index (χ3v) is 5.71. The normalized spacial score (nSPS) is 11.7. The van der Waals surface area contributed by atoms with E-state index in [2.05, 4.69) is 29.6 Å². The SMILES string of the molecule is c1ccc(N=c2oc3ccccc3c3cc(-c4ccccc4)nc(Nc4ccccc4)c23)cc1. The van der Waals surface area contributed by atoms with Crippen LogP contribution in [0.1, 0.15) is 0 Å². The van der Waals surface area contributed by atoms with E-state index in [4.69, 9.17) is 14.4 Å². The number of anilines is 2. The van der Waals surface area contributed by atoms with E-state index in [0.717, 1.165) is 44.4 Å². The van der Waals surface area contributed by atoms with E-state index in [0.29, 0.717) is 11.4 Å². The van der Waals surface area contributed by atoms with Crippen LogP contribution in [0.4, 0.5) is 17.2 Å². The Bertz CT molecular complexity index is 1660. The lowest BCUT2D eigenvalue weighted by Gasteiger charge is -2.13. The first kappa shape index (κ1) is 19.9. The van der Waals surface area contributed by atoms with Gasteiger partial charge < -0.3 is 9.73 Å². The van der Waals surface area contributed by atoms with Crippen molar-refractivity contribution in [2.24, 2.45) is 4.99 Å². The summed E-state index contributed by atoms with van der Waals surface area (Å²) in [7, 11) is 0. The molecule has 4 nitrogen and oxygen atoms in total. The van der Waals surface area contributed by atoms with Crippen LogP contribution in [0.15, 0.2) is 131 Å². The summed E-state index contributed by atoms with van der Waals surface area (Å²) in [5.41, 5.74) is 4.99. The van der Waals surface area contributed by atoms with E-state index in [1.807, 2.05) is 97.1 Å². The fraction of sp³-hybridized carbons (Fsp3) is 0. The zero-order valence-electron chi connectivity index (χ0n) is 18.3. The van der Waals surface area contributed by atoms with Crippen LogP contribution in [0, 0.1) is 0 Å². The molecule has 1 N–H and O–H groups in total. The summed E-state index contributed by atoms with van der Waals surface area (Å²) < 4.78 is 6.36. The molecule has 2 aromatic heterocycles. The van der Waals surface area contributed by atoms with Crippen molar-refractivity contribution in [3.05, 3.63) is 127 Å². The Kier molecular flexibility index (Phi) is 5.09. The van der Waals surface area contributed by atoms with E-state index < -0.39 is 0 Å². The molecular formula is C30H21N3O. The van der Waals surface area contributed by atoms with Gasteiger partial charge in [-0.1, -0.05) is 84.9 Å². The number of rotatable bonds is 4. The van der Waals surface area contributed by atoms with Gasteiger partial charge in [0.25, 0.3) is 0 Å². The molecule has 0 aliphatic carbocycles. The van der Waals surface area contributed by atoms with Gasteiger partial charge in [-0.2, -0.15) is 0 Å². The van der Waals surface area contributed by atoms with E-state index >= 15 is 0 Å². The lowest BCUT2D eigenvalue weighted by atomic mass is 10.0. The standard InChI is InChI=1S/C30H21N3O/c1-4-12-21(13-5-1)26-20-25-24-18-10-11-19-27(24)34-30(32-23-16-8-3-9-17-23)28(25)29(33-26)31-22-14-6-2-7-15-22/h1-20H,(H,31,33). The molecule has 0 bridgehead atoms. The molecule has 6 aromatic rings. The fourth-order valence-electron chi connectivity index (χ4n) is 4.11. The summed E-state index contributed by atoms with van der Waals surface area (Å²) in [6, 6.07) is 40.3. The van der Waals surface area contributed by atoms with Crippen LogP contribution in [0.5, 0.6) is 0 Å². The number of hydrogen-bond donors (Lipinski definition) is 1. The third-order valence-electron chi connectivity index (χ3n) is 5.71. The Morgan fingerprint density at radius 2 is 1.29 bits per heavy atom. The monoisotopic (exact) mass is 439 g/mol. The predicted molar refractivity (Wildman–Crippen MR) is 138 cm³/mol. The lowest BCUT2D eigenvalue weighted by Crippen LogP contribution is -2.08. The molecule has 0 aliphatic heterocycles. The minimum atomic E-state index is 0.519. The van der Waals surface area contributed by atoms with Crippen molar-refractivity contribution in [2.75, 3.05) is 5.32 Å². The molecule has 2 heterocycles. The third kappa shape index (κ3) is 3.82. The highest BCUT2D eigenvalue weighted by Gasteiger charge is 2.15. The summed E-state index contributed by atoms with van der Waals surface area (Å²) in [6.45, 7) is 0. The van der Waals surface area contributed by atoms with Crippen molar-refractivity contribution >= 4 is 38.9 Å². The molecule has 6 rings (SSSR count). The van der Waals surface area contributed by atoms with Gasteiger partial charge in [0.1, 0.15) is 11.4 Å². The highest BCUT2D eigenvalue weighted by atomic mass is 16.3. The number of hydrogen-bond acceptors (Lipinski definition) is 4. The first-order valence-electron chi connectivity index (χ1n) is 11.2. The van der Waals surface area contributed by atoms with E-state index in [1.54, 1.807) is 0 Å². The summed E-state index contributed by atoms with van der Waals surface area (Å²) in [5.74, 6) is 0.701. The van der Waals surface area contributed by atoms with Gasteiger partial charge in [-0.15, -0.1) is 0 Å². The van der Waals surface area contributed by atoms with Gasteiger partial charge in [0.2, 0.25) is 5.55 Å². The summed E-state index contributed by atoms with van der Waals surface area (Å²) >= 11 is 0. The first-order valence-corrected chi connectivity index (χ1v) is 11.2. The van der Waals surface area contributed by atoms with Crippen LogP contribution in [0.2, 0.25) is 0 Å². The zero-order chi connectivity index (χ0) is 22.7. The second kappa shape index (κ2) is 8.68. The maximum atomic E-state index is 6.36. The highest BCUT2D eigenvalue weighted by molar-refractivity contribution is 6.09. The zero-order valence-corrected chi connectivity index (χ0v) is 18.3. The summed E-state index contributed by atoms with van der Waals surface area (Å²) in [6.07, 6.45) is 0. The predicted octanol–water partition coefficient (Wildman–Crippen LogP) is 7.62. The lowest BCUT2D eigenvalue weighted by molar-refractivity contribution is 0.554. The summed E-state index contributed by atoms with van der Waals surface area (Å²) in [5, 5.41) is 6.40. The number of pyridine rings is 1. The molecule has 4 aromatic carbocycles. The Balaban J connectivity index is 1.73. The molecule has 0 amide bonds. The molecule has 0 fully saturated rings. The van der Waals surface area contributed by atoms with E-state index in [1.165, 1.54) is 0 Å². The fourth-order valence-corrected chi connectivity index (χ4v) is 4.11. The van der Waals surface area contributed by atoms with Gasteiger partial charge in [-0.05, 0) is 36.4 Å². The quantitative estimate of drug-likeness (QED) is 0.287. The van der Waals surface area contributed by atoms with E-state index in [9.17, 15) is 0 Å². The average molecular weight is 440 g/mol. The average Bonchev–Trinajstić information content (AvgIpc) is 2.90. The molecule has 0 saturated heterocycles. The second-order valence-corrected chi connectivity index (χ2v) is 7.99. The Labute approximate surface area is 196 Å². The van der Waals surface area contributed by atoms with Crippen LogP contribution < -0.4 is 10.9 Å². The molecule has 34 heavy (non-hydrogen) atoms. The van der Waals surface area contributed by atoms with Gasteiger partial charge in [0.15, 0.2) is 0 Å². The van der Waals surface area contributed by atoms with Crippen molar-refractivity contribution in [1.82, 2.24) is 4.98 Å². The molecular weight excluding hydrogens is 418 g/mol. The molecule has 0 radical (unpaired) electrons. The topological polar surface area (TPSA) is 50.4 Å². The van der Waals surface area contributed by atoms with Crippen molar-refractivity contribution in [1.29, 1.82) is 0 Å². The van der Waals surface area contributed by atoms with E-state index in [-0.39, 0.29) is 0 Å². The van der Waals surface area contributed by atoms with Crippen molar-refractivity contribution in [3.8, 4) is 11.3 Å². The molecule has 162 valence electrons. The van der Waals surface area contributed by atoms with Gasteiger partial charge >= 0.3 is 0 Å². The molecule has 0 spiro atoms. The number of para-hydroxylation sites is 3. The largest absolute Gasteiger partial charge is 0.438 e. The van der Waals surface area contributed by atoms with Crippen molar-refractivity contribution < 1.29 is 4.42 Å². The molecule has 0 saturated carbocycles. The number of nitrogens with one attached hydrogen (secondary N) is 1. The van der Waals surface area contributed by atoms with Crippen LogP contribution in [0.3, 0.4) is 0 Å². The smallest absolute Gasteiger partial charge is 0.231 e. The number of fused-ring (bicyclic) bond motifs is 3. The van der Waals surface area contributed by atoms with Gasteiger partial charge in [0, 0.05) is 22.0 Å². The highest BCUT2D eigenvalue weighted by Crippen LogP contribution is 2.32. The minimum absolute atomic E-state index is 0.519. The molecule has 0 unspecified atom stereocenters. The second-order valence-electron chi connectivity index (χ2n) is 7.99. The summed E-state index contributed by atoms with van der Waals surface area (Å²) in [4.78, 5) is 9.92. The van der Waals surface area contributed by atoms with Crippen LogP contribution in [0.25, 0.3) is 33.0 Å². The number of benzene rings is 4. The number of aromatic nitrogens is 1. The molecule has 4 heteroatoms. The van der Waals surface area contributed by atoms with Gasteiger partial charge in [-0.25, -0.2) is 9.98 Å². The Morgan fingerprint density at radius 3 is 2.06 bits per heavy atom. The van der Waals surface area contributed by atoms with Crippen LogP contribution in [-0.4, -0.2) is 4.98 Å². The van der Waals surface area contributed by atoms with Gasteiger partial charge in [0.05, 0.1) is 16.8 Å².